The summed E-state index contributed by atoms with van der Waals surface area (Å²) in [6.07, 6.45) is 16.0. The smallest absolute Gasteiger partial charge is 0.306 e. The van der Waals surface area contributed by atoms with E-state index in [0.717, 1.165) is 63.2 Å². The quantitative estimate of drug-likeness (QED) is 0.415. The van der Waals surface area contributed by atoms with Crippen LogP contribution in [0.2, 0.25) is 0 Å². The normalized spacial score (nSPS) is 39.6. The zero-order valence-corrected chi connectivity index (χ0v) is 17.9. The standard InChI is InChI=1S/C25H38O3/c1-3-5-6-7-24(27)28-23-13-12-22-21-10-8-17-16-18(26)9-11-19(17)20(21)14-15-25(22,23)4-2/h16,19-23H,3-15H2,1-2H3/t19-,20+,21+,22-,23-,25-/m0/s1. The maximum Gasteiger partial charge on any atom is 0.306 e. The molecule has 0 spiro atoms. The zero-order chi connectivity index (χ0) is 19.7. The van der Waals surface area contributed by atoms with Gasteiger partial charge in [-0.3, -0.25) is 9.59 Å². The third kappa shape index (κ3) is 3.48. The van der Waals surface area contributed by atoms with Crippen molar-refractivity contribution in [3.63, 3.8) is 0 Å². The van der Waals surface area contributed by atoms with Crippen LogP contribution in [-0.4, -0.2) is 17.9 Å². The Hall–Kier alpha value is -1.12. The van der Waals surface area contributed by atoms with Crippen molar-refractivity contribution >= 4 is 11.8 Å². The van der Waals surface area contributed by atoms with Gasteiger partial charge in [0.15, 0.2) is 5.78 Å². The Morgan fingerprint density at radius 2 is 1.93 bits per heavy atom. The number of fused-ring (bicyclic) bond motifs is 5. The largest absolute Gasteiger partial charge is 0.462 e. The van der Waals surface area contributed by atoms with E-state index in [-0.39, 0.29) is 17.5 Å². The molecular formula is C25H38O3. The summed E-state index contributed by atoms with van der Waals surface area (Å²) in [5.74, 6) is 3.28. The Morgan fingerprint density at radius 1 is 1.07 bits per heavy atom. The van der Waals surface area contributed by atoms with Gasteiger partial charge < -0.3 is 4.74 Å². The highest BCUT2D eigenvalue weighted by molar-refractivity contribution is 5.91. The lowest BCUT2D eigenvalue weighted by molar-refractivity contribution is -0.160. The Balaban J connectivity index is 1.47. The van der Waals surface area contributed by atoms with E-state index in [4.69, 9.17) is 4.74 Å². The molecule has 3 saturated carbocycles. The van der Waals surface area contributed by atoms with E-state index < -0.39 is 0 Å². The van der Waals surface area contributed by atoms with Crippen LogP contribution in [-0.2, 0) is 14.3 Å². The number of ether oxygens (including phenoxy) is 1. The van der Waals surface area contributed by atoms with Crippen molar-refractivity contribution in [3.05, 3.63) is 11.6 Å². The summed E-state index contributed by atoms with van der Waals surface area (Å²) in [5, 5.41) is 0. The number of carbonyl (C=O) groups is 2. The first-order valence-electron chi connectivity index (χ1n) is 12.0. The fourth-order valence-electron chi connectivity index (χ4n) is 7.52. The highest BCUT2D eigenvalue weighted by Gasteiger charge is 2.58. The predicted octanol–water partition coefficient (Wildman–Crippen LogP) is 6.01. The second-order valence-electron chi connectivity index (χ2n) is 9.94. The molecule has 0 amide bonds. The lowest BCUT2D eigenvalue weighted by atomic mass is 9.51. The van der Waals surface area contributed by atoms with Gasteiger partial charge >= 0.3 is 5.97 Å². The Labute approximate surface area is 170 Å². The molecular weight excluding hydrogens is 348 g/mol. The van der Waals surface area contributed by atoms with Crippen molar-refractivity contribution in [1.29, 1.82) is 0 Å². The minimum Gasteiger partial charge on any atom is -0.462 e. The van der Waals surface area contributed by atoms with Crippen LogP contribution in [0.5, 0.6) is 0 Å². The minimum absolute atomic E-state index is 0.0358. The summed E-state index contributed by atoms with van der Waals surface area (Å²) < 4.78 is 6.13. The summed E-state index contributed by atoms with van der Waals surface area (Å²) in [6.45, 7) is 4.49. The number of hydrogen-bond acceptors (Lipinski definition) is 3. The molecule has 3 heteroatoms. The molecule has 0 heterocycles. The Bertz CT molecular complexity index is 636. The number of ketones is 1. The van der Waals surface area contributed by atoms with Gasteiger partial charge in [0.1, 0.15) is 6.10 Å². The average molecular weight is 387 g/mol. The number of hydrogen-bond donors (Lipinski definition) is 0. The second kappa shape index (κ2) is 8.32. The van der Waals surface area contributed by atoms with E-state index in [0.29, 0.717) is 24.0 Å². The van der Waals surface area contributed by atoms with Crippen LogP contribution in [0.1, 0.15) is 97.3 Å². The van der Waals surface area contributed by atoms with Gasteiger partial charge in [0.25, 0.3) is 0 Å². The van der Waals surface area contributed by atoms with Crippen LogP contribution >= 0.6 is 0 Å². The molecule has 4 rings (SSSR count). The molecule has 0 unspecified atom stereocenters. The lowest BCUT2D eigenvalue weighted by Gasteiger charge is -2.54. The molecule has 0 aromatic heterocycles. The molecule has 0 bridgehead atoms. The molecule has 3 fully saturated rings. The third-order valence-corrected chi connectivity index (χ3v) is 8.85. The van der Waals surface area contributed by atoms with Gasteiger partial charge in [-0.15, -0.1) is 0 Å². The molecule has 0 aliphatic heterocycles. The molecule has 0 aromatic rings. The number of esters is 1. The SMILES string of the molecule is CCCCCC(=O)O[C@H]1CC[C@H]2[C@@H]3CCC4=CC(=O)CC[C@@H]4[C@H]3CC[C@]12CC. The summed E-state index contributed by atoms with van der Waals surface area (Å²) in [4.78, 5) is 24.3. The van der Waals surface area contributed by atoms with Gasteiger partial charge in [0.2, 0.25) is 0 Å². The summed E-state index contributed by atoms with van der Waals surface area (Å²) in [7, 11) is 0. The predicted molar refractivity (Wildman–Crippen MR) is 111 cm³/mol. The average Bonchev–Trinajstić information content (AvgIpc) is 3.06. The maximum absolute atomic E-state index is 12.4. The minimum atomic E-state index is 0.0358. The van der Waals surface area contributed by atoms with E-state index >= 15 is 0 Å². The van der Waals surface area contributed by atoms with Crippen LogP contribution in [0.15, 0.2) is 11.6 Å². The zero-order valence-electron chi connectivity index (χ0n) is 17.9. The van der Waals surface area contributed by atoms with Crippen molar-refractivity contribution < 1.29 is 14.3 Å². The first kappa shape index (κ1) is 20.2. The monoisotopic (exact) mass is 386 g/mol. The number of unbranched alkanes of at least 4 members (excludes halogenated alkanes) is 2. The van der Waals surface area contributed by atoms with E-state index in [1.807, 2.05) is 6.08 Å². The van der Waals surface area contributed by atoms with E-state index in [1.54, 1.807) is 0 Å². The molecule has 0 N–H and O–H groups in total. The lowest BCUT2D eigenvalue weighted by Crippen LogP contribution is -2.49. The molecule has 4 aliphatic rings. The van der Waals surface area contributed by atoms with E-state index in [2.05, 4.69) is 13.8 Å². The van der Waals surface area contributed by atoms with Crippen LogP contribution < -0.4 is 0 Å². The molecule has 3 nitrogen and oxygen atoms in total. The highest BCUT2D eigenvalue weighted by Crippen LogP contribution is 2.63. The first-order valence-corrected chi connectivity index (χ1v) is 12.0. The van der Waals surface area contributed by atoms with Gasteiger partial charge in [-0.05, 0) is 87.5 Å². The fourth-order valence-corrected chi connectivity index (χ4v) is 7.52. The number of allylic oxidation sites excluding steroid dienone is 1. The van der Waals surface area contributed by atoms with Crippen molar-refractivity contribution in [3.8, 4) is 0 Å². The maximum atomic E-state index is 12.4. The Kier molecular flexibility index (Phi) is 5.99. The van der Waals surface area contributed by atoms with Crippen molar-refractivity contribution in [2.75, 3.05) is 0 Å². The van der Waals surface area contributed by atoms with Gasteiger partial charge in [-0.25, -0.2) is 0 Å². The van der Waals surface area contributed by atoms with Crippen LogP contribution in [0.4, 0.5) is 0 Å². The van der Waals surface area contributed by atoms with Crippen LogP contribution in [0.25, 0.3) is 0 Å². The molecule has 0 radical (unpaired) electrons. The Morgan fingerprint density at radius 3 is 2.71 bits per heavy atom. The van der Waals surface area contributed by atoms with Gasteiger partial charge in [0.05, 0.1) is 0 Å². The van der Waals surface area contributed by atoms with Gasteiger partial charge in [0, 0.05) is 18.3 Å². The van der Waals surface area contributed by atoms with E-state index in [1.165, 1.54) is 31.3 Å². The topological polar surface area (TPSA) is 43.4 Å². The van der Waals surface area contributed by atoms with Crippen molar-refractivity contribution in [2.45, 2.75) is 103 Å². The molecule has 28 heavy (non-hydrogen) atoms. The first-order chi connectivity index (χ1) is 13.6. The van der Waals surface area contributed by atoms with Crippen molar-refractivity contribution in [2.24, 2.45) is 29.1 Å². The molecule has 0 aromatic carbocycles. The fraction of sp³-hybridized carbons (Fsp3) is 0.840. The highest BCUT2D eigenvalue weighted by atomic mass is 16.5. The van der Waals surface area contributed by atoms with Crippen molar-refractivity contribution in [1.82, 2.24) is 0 Å². The molecule has 4 aliphatic carbocycles. The second-order valence-corrected chi connectivity index (χ2v) is 9.94. The number of carbonyl (C=O) groups excluding carboxylic acids is 2. The molecule has 156 valence electrons. The van der Waals surface area contributed by atoms with E-state index in [9.17, 15) is 9.59 Å². The summed E-state index contributed by atoms with van der Waals surface area (Å²) in [5.41, 5.74) is 1.67. The molecule has 0 saturated heterocycles. The summed E-state index contributed by atoms with van der Waals surface area (Å²) >= 11 is 0. The van der Waals surface area contributed by atoms with Gasteiger partial charge in [-0.1, -0.05) is 32.3 Å². The number of rotatable bonds is 6. The third-order valence-electron chi connectivity index (χ3n) is 8.85. The van der Waals surface area contributed by atoms with Crippen LogP contribution in [0.3, 0.4) is 0 Å². The summed E-state index contributed by atoms with van der Waals surface area (Å²) in [6, 6.07) is 0. The van der Waals surface area contributed by atoms with Gasteiger partial charge in [-0.2, -0.15) is 0 Å². The van der Waals surface area contributed by atoms with Crippen LogP contribution in [0, 0.1) is 29.1 Å². The molecule has 6 atom stereocenters.